The first-order valence-electron chi connectivity index (χ1n) is 6.64. The summed E-state index contributed by atoms with van der Waals surface area (Å²) in [5.41, 5.74) is -0.162. The van der Waals surface area contributed by atoms with Crippen molar-refractivity contribution >= 4 is 33.4 Å². The fourth-order valence-electron chi connectivity index (χ4n) is 1.93. The van der Waals surface area contributed by atoms with Crippen molar-refractivity contribution in [3.63, 3.8) is 0 Å². The van der Waals surface area contributed by atoms with Crippen LogP contribution in [0.1, 0.15) is 27.6 Å². The van der Waals surface area contributed by atoms with Gasteiger partial charge >= 0.3 is 5.97 Å². The molecule has 0 bridgehead atoms. The quantitative estimate of drug-likeness (QED) is 0.342. The van der Waals surface area contributed by atoms with Gasteiger partial charge in [-0.3, -0.25) is 14.9 Å². The summed E-state index contributed by atoms with van der Waals surface area (Å²) in [6, 6.07) is 12.0. The van der Waals surface area contributed by atoms with Crippen LogP contribution in [0, 0.1) is 10.1 Å². The van der Waals surface area contributed by atoms with Crippen LogP contribution in [-0.4, -0.2) is 22.8 Å². The number of benzene rings is 2. The van der Waals surface area contributed by atoms with Gasteiger partial charge in [0.15, 0.2) is 6.10 Å². The van der Waals surface area contributed by atoms with Gasteiger partial charge in [0.2, 0.25) is 5.78 Å². The highest BCUT2D eigenvalue weighted by molar-refractivity contribution is 9.10. The monoisotopic (exact) mass is 377 g/mol. The van der Waals surface area contributed by atoms with E-state index >= 15 is 0 Å². The number of carbonyl (C=O) groups excluding carboxylic acids is 2. The van der Waals surface area contributed by atoms with E-state index in [2.05, 4.69) is 15.9 Å². The Labute approximate surface area is 140 Å². The van der Waals surface area contributed by atoms with Gasteiger partial charge in [0.05, 0.1) is 4.92 Å². The van der Waals surface area contributed by atoms with Crippen molar-refractivity contribution in [3.05, 3.63) is 74.2 Å². The zero-order valence-corrected chi connectivity index (χ0v) is 13.6. The molecule has 0 saturated heterocycles. The summed E-state index contributed by atoms with van der Waals surface area (Å²) in [7, 11) is 0. The average Bonchev–Trinajstić information content (AvgIpc) is 2.54. The van der Waals surface area contributed by atoms with Crippen molar-refractivity contribution in [2.45, 2.75) is 13.0 Å². The Morgan fingerprint density at radius 2 is 1.74 bits per heavy atom. The van der Waals surface area contributed by atoms with Crippen molar-refractivity contribution in [3.8, 4) is 0 Å². The summed E-state index contributed by atoms with van der Waals surface area (Å²) in [4.78, 5) is 34.6. The number of Topliss-reactive ketones (excluding diaryl/α,β-unsaturated/α-hetero) is 1. The molecule has 2 rings (SSSR count). The molecule has 23 heavy (non-hydrogen) atoms. The summed E-state index contributed by atoms with van der Waals surface area (Å²) in [6.07, 6.45) is -1.05. The standard InChI is InChI=1S/C16H12BrNO5/c1-10(15(19)11-6-8-12(17)9-7-11)23-16(20)13-4-2-3-5-14(13)18(21)22/h2-10H,1H3. The number of esters is 1. The molecular weight excluding hydrogens is 366 g/mol. The number of nitrogens with zero attached hydrogens (tertiary/aromatic N) is 1. The van der Waals surface area contributed by atoms with Crippen LogP contribution in [0.5, 0.6) is 0 Å². The summed E-state index contributed by atoms with van der Waals surface area (Å²) in [5.74, 6) is -1.29. The predicted molar refractivity (Wildman–Crippen MR) is 86.4 cm³/mol. The summed E-state index contributed by atoms with van der Waals surface area (Å²) in [5, 5.41) is 10.9. The van der Waals surface area contributed by atoms with Crippen molar-refractivity contribution in [2.75, 3.05) is 0 Å². The molecule has 1 atom stereocenters. The fourth-order valence-corrected chi connectivity index (χ4v) is 2.20. The normalized spacial score (nSPS) is 11.6. The minimum Gasteiger partial charge on any atom is -0.450 e. The zero-order chi connectivity index (χ0) is 17.0. The minimum absolute atomic E-state index is 0.187. The first kappa shape index (κ1) is 16.8. The predicted octanol–water partition coefficient (Wildman–Crippen LogP) is 3.79. The van der Waals surface area contributed by atoms with Crippen LogP contribution in [0.25, 0.3) is 0 Å². The first-order chi connectivity index (χ1) is 10.9. The highest BCUT2D eigenvalue weighted by atomic mass is 79.9. The third kappa shape index (κ3) is 4.01. The molecule has 0 aliphatic rings. The second-order valence-corrected chi connectivity index (χ2v) is 5.61. The van der Waals surface area contributed by atoms with Crippen LogP contribution in [0.2, 0.25) is 0 Å². The van der Waals surface area contributed by atoms with Crippen molar-refractivity contribution in [1.29, 1.82) is 0 Å². The summed E-state index contributed by atoms with van der Waals surface area (Å²) >= 11 is 3.26. The van der Waals surface area contributed by atoms with Gasteiger partial charge in [0.25, 0.3) is 5.69 Å². The number of rotatable bonds is 5. The molecule has 0 amide bonds. The maximum absolute atomic E-state index is 12.2. The molecule has 0 radical (unpaired) electrons. The molecule has 118 valence electrons. The van der Waals surface area contributed by atoms with Crippen molar-refractivity contribution in [1.82, 2.24) is 0 Å². The van der Waals surface area contributed by atoms with E-state index in [1.165, 1.54) is 31.2 Å². The maximum Gasteiger partial charge on any atom is 0.345 e. The van der Waals surface area contributed by atoms with Gasteiger partial charge in [-0.25, -0.2) is 4.79 Å². The number of hydrogen-bond donors (Lipinski definition) is 0. The molecule has 0 fully saturated rings. The van der Waals surface area contributed by atoms with Crippen LogP contribution in [0.3, 0.4) is 0 Å². The molecule has 2 aromatic rings. The number of para-hydroxylation sites is 1. The Morgan fingerprint density at radius 3 is 2.35 bits per heavy atom. The number of carbonyl (C=O) groups is 2. The molecule has 0 N–H and O–H groups in total. The molecular formula is C16H12BrNO5. The molecule has 0 aliphatic heterocycles. The van der Waals surface area contributed by atoms with Crippen LogP contribution in [-0.2, 0) is 4.74 Å². The highest BCUT2D eigenvalue weighted by Gasteiger charge is 2.25. The summed E-state index contributed by atoms with van der Waals surface area (Å²) < 4.78 is 5.89. The van der Waals surface area contributed by atoms with Gasteiger partial charge in [-0.15, -0.1) is 0 Å². The van der Waals surface area contributed by atoms with Gasteiger partial charge in [-0.2, -0.15) is 0 Å². The highest BCUT2D eigenvalue weighted by Crippen LogP contribution is 2.20. The van der Waals surface area contributed by atoms with Crippen LogP contribution in [0.4, 0.5) is 5.69 Å². The smallest absolute Gasteiger partial charge is 0.345 e. The molecule has 1 unspecified atom stereocenters. The Bertz CT molecular complexity index is 757. The molecule has 0 spiro atoms. The lowest BCUT2D eigenvalue weighted by atomic mass is 10.1. The SMILES string of the molecule is CC(OC(=O)c1ccccc1[N+](=O)[O-])C(=O)c1ccc(Br)cc1. The third-order valence-electron chi connectivity index (χ3n) is 3.10. The minimum atomic E-state index is -1.05. The van der Waals surface area contributed by atoms with Gasteiger partial charge in [0.1, 0.15) is 5.56 Å². The zero-order valence-electron chi connectivity index (χ0n) is 12.1. The molecule has 0 heterocycles. The Hall–Kier alpha value is -2.54. The number of ketones is 1. The lowest BCUT2D eigenvalue weighted by molar-refractivity contribution is -0.385. The van der Waals surface area contributed by atoms with Gasteiger partial charge in [0, 0.05) is 16.1 Å². The van der Waals surface area contributed by atoms with E-state index in [1.54, 1.807) is 24.3 Å². The van der Waals surface area contributed by atoms with Crippen LogP contribution in [0.15, 0.2) is 53.0 Å². The number of nitro benzene ring substituents is 1. The van der Waals surface area contributed by atoms with Gasteiger partial charge < -0.3 is 4.74 Å². The van der Waals surface area contributed by atoms with E-state index in [4.69, 9.17) is 4.74 Å². The molecule has 0 saturated carbocycles. The third-order valence-corrected chi connectivity index (χ3v) is 3.63. The van der Waals surface area contributed by atoms with Crippen molar-refractivity contribution in [2.24, 2.45) is 0 Å². The molecule has 0 aliphatic carbocycles. The lowest BCUT2D eigenvalue weighted by Crippen LogP contribution is -2.24. The van der Waals surface area contributed by atoms with E-state index in [0.717, 1.165) is 4.47 Å². The largest absolute Gasteiger partial charge is 0.450 e. The summed E-state index contributed by atoms with van der Waals surface area (Å²) in [6.45, 7) is 1.43. The number of hydrogen-bond acceptors (Lipinski definition) is 5. The number of ether oxygens (including phenoxy) is 1. The van der Waals surface area contributed by atoms with Crippen molar-refractivity contribution < 1.29 is 19.2 Å². The lowest BCUT2D eigenvalue weighted by Gasteiger charge is -2.12. The van der Waals surface area contributed by atoms with Gasteiger partial charge in [-0.1, -0.05) is 40.2 Å². The Kier molecular flexibility index (Phi) is 5.23. The second-order valence-electron chi connectivity index (χ2n) is 4.69. The molecule has 6 nitrogen and oxygen atoms in total. The van der Waals surface area contributed by atoms with Crippen LogP contribution < -0.4 is 0 Å². The number of halogens is 1. The van der Waals surface area contributed by atoms with E-state index in [0.29, 0.717) is 5.56 Å². The molecule has 2 aromatic carbocycles. The van der Waals surface area contributed by atoms with E-state index in [9.17, 15) is 19.7 Å². The first-order valence-corrected chi connectivity index (χ1v) is 7.43. The number of nitro groups is 1. The van der Waals surface area contributed by atoms with Crippen LogP contribution >= 0.6 is 15.9 Å². The van der Waals surface area contributed by atoms with Gasteiger partial charge in [-0.05, 0) is 25.1 Å². The van der Waals surface area contributed by atoms with E-state index in [-0.39, 0.29) is 17.0 Å². The fraction of sp³-hybridized carbons (Fsp3) is 0.125. The maximum atomic E-state index is 12.2. The topological polar surface area (TPSA) is 86.5 Å². The van der Waals surface area contributed by atoms with E-state index < -0.39 is 17.0 Å². The van der Waals surface area contributed by atoms with E-state index in [1.807, 2.05) is 0 Å². The Morgan fingerprint density at radius 1 is 1.13 bits per heavy atom. The molecule has 0 aromatic heterocycles. The molecule has 7 heteroatoms. The average molecular weight is 378 g/mol. The second kappa shape index (κ2) is 7.15. The Balaban J connectivity index is 2.15.